The minimum atomic E-state index is -5.93. The maximum atomic E-state index is 13.7. The standard InChI is InChI=1S/C18H18F5N5O3S/c1-3-32(30,31)28-12-7-5-4-6-10(12)8-13(28)16(29)25-11-9-14(26-27-15(11)24-2)17(19,20)18(21,22)23/h4-7,9,13H,3,8H2,1-2H3,(H,24,27)(H,25,26,29). The molecule has 2 heterocycles. The van der Waals surface area contributed by atoms with Crippen molar-refractivity contribution in [3.8, 4) is 0 Å². The molecule has 3 rings (SSSR count). The molecule has 0 spiro atoms. The molecule has 8 nitrogen and oxygen atoms in total. The number of carbonyl (C=O) groups is 1. The van der Waals surface area contributed by atoms with Crippen LogP contribution in [-0.2, 0) is 27.2 Å². The van der Waals surface area contributed by atoms with E-state index in [0.717, 1.165) is 4.31 Å². The number of hydrogen-bond acceptors (Lipinski definition) is 6. The minimum absolute atomic E-state index is 0.0137. The van der Waals surface area contributed by atoms with Gasteiger partial charge in [-0.3, -0.25) is 9.10 Å². The molecule has 1 aromatic heterocycles. The zero-order chi connectivity index (χ0) is 23.9. The van der Waals surface area contributed by atoms with Crippen LogP contribution in [0.15, 0.2) is 30.3 Å². The van der Waals surface area contributed by atoms with Crippen LogP contribution in [0.2, 0.25) is 0 Å². The summed E-state index contributed by atoms with van der Waals surface area (Å²) in [5, 5.41) is 10.9. The van der Waals surface area contributed by atoms with Crippen molar-refractivity contribution in [3.05, 3.63) is 41.6 Å². The molecular weight excluding hydrogens is 461 g/mol. The Balaban J connectivity index is 1.99. The van der Waals surface area contributed by atoms with Gasteiger partial charge in [0.2, 0.25) is 15.9 Å². The molecule has 1 aromatic carbocycles. The number of benzene rings is 1. The van der Waals surface area contributed by atoms with Crippen molar-refractivity contribution in [2.45, 2.75) is 31.5 Å². The van der Waals surface area contributed by atoms with Crippen molar-refractivity contribution < 1.29 is 35.2 Å². The van der Waals surface area contributed by atoms with Gasteiger partial charge in [-0.2, -0.15) is 22.0 Å². The molecule has 1 aliphatic rings. The van der Waals surface area contributed by atoms with Crippen molar-refractivity contribution in [2.75, 3.05) is 27.7 Å². The largest absolute Gasteiger partial charge is 0.459 e. The van der Waals surface area contributed by atoms with Crippen molar-refractivity contribution in [3.63, 3.8) is 0 Å². The predicted molar refractivity (Wildman–Crippen MR) is 106 cm³/mol. The molecule has 2 aromatic rings. The molecule has 174 valence electrons. The first-order valence-electron chi connectivity index (χ1n) is 9.24. The average molecular weight is 479 g/mol. The second-order valence-electron chi connectivity index (χ2n) is 6.85. The van der Waals surface area contributed by atoms with Gasteiger partial charge in [0.15, 0.2) is 5.82 Å². The first-order chi connectivity index (χ1) is 14.8. The fraction of sp³-hybridized carbons (Fsp3) is 0.389. The molecule has 0 fully saturated rings. The van der Waals surface area contributed by atoms with E-state index < -0.39 is 45.5 Å². The summed E-state index contributed by atoms with van der Waals surface area (Å²) in [6, 6.07) is 5.48. The van der Waals surface area contributed by atoms with Gasteiger partial charge in [0.25, 0.3) is 0 Å². The molecular formula is C18H18F5N5O3S. The molecule has 0 aliphatic carbocycles. The molecule has 14 heteroatoms. The number of anilines is 3. The zero-order valence-corrected chi connectivity index (χ0v) is 17.6. The van der Waals surface area contributed by atoms with Crippen LogP contribution in [0.5, 0.6) is 0 Å². The molecule has 1 unspecified atom stereocenters. The summed E-state index contributed by atoms with van der Waals surface area (Å²) < 4.78 is 91.8. The predicted octanol–water partition coefficient (Wildman–Crippen LogP) is 2.89. The van der Waals surface area contributed by atoms with Crippen molar-refractivity contribution >= 4 is 33.1 Å². The van der Waals surface area contributed by atoms with E-state index in [-0.39, 0.29) is 18.0 Å². The quantitative estimate of drug-likeness (QED) is 0.618. The summed E-state index contributed by atoms with van der Waals surface area (Å²) in [4.78, 5) is 13.0. The average Bonchev–Trinajstić information content (AvgIpc) is 3.13. The number of nitrogens with one attached hydrogen (secondary N) is 2. The lowest BCUT2D eigenvalue weighted by Gasteiger charge is -2.26. The molecule has 1 atom stereocenters. The molecule has 32 heavy (non-hydrogen) atoms. The third-order valence-corrected chi connectivity index (χ3v) is 6.64. The topological polar surface area (TPSA) is 104 Å². The Morgan fingerprint density at radius 3 is 2.44 bits per heavy atom. The minimum Gasteiger partial charge on any atom is -0.370 e. The second-order valence-corrected chi connectivity index (χ2v) is 8.98. The maximum Gasteiger partial charge on any atom is 0.459 e. The van der Waals surface area contributed by atoms with Gasteiger partial charge in [-0.05, 0) is 24.6 Å². The van der Waals surface area contributed by atoms with Gasteiger partial charge in [-0.25, -0.2) is 8.42 Å². The lowest BCUT2D eigenvalue weighted by molar-refractivity contribution is -0.291. The van der Waals surface area contributed by atoms with Gasteiger partial charge in [0.05, 0.1) is 17.1 Å². The van der Waals surface area contributed by atoms with Crippen LogP contribution in [0.1, 0.15) is 18.2 Å². The van der Waals surface area contributed by atoms with E-state index in [4.69, 9.17) is 0 Å². The summed E-state index contributed by atoms with van der Waals surface area (Å²) in [6.45, 7) is 1.39. The molecule has 0 saturated heterocycles. The number of nitrogens with zero attached hydrogens (tertiary/aromatic N) is 3. The molecule has 2 N–H and O–H groups in total. The summed E-state index contributed by atoms with van der Waals surface area (Å²) in [5.74, 6) is -6.83. The number of halogens is 5. The fourth-order valence-electron chi connectivity index (χ4n) is 3.23. The molecule has 1 aliphatic heterocycles. The van der Waals surface area contributed by atoms with Crippen LogP contribution in [0.4, 0.5) is 39.1 Å². The van der Waals surface area contributed by atoms with Gasteiger partial charge in [-0.1, -0.05) is 18.2 Å². The van der Waals surface area contributed by atoms with E-state index in [1.807, 2.05) is 0 Å². The number of hydrogen-bond donors (Lipinski definition) is 2. The highest BCUT2D eigenvalue weighted by Crippen LogP contribution is 2.44. The third kappa shape index (κ3) is 4.06. The molecule has 0 radical (unpaired) electrons. The van der Waals surface area contributed by atoms with Gasteiger partial charge in [-0.15, -0.1) is 10.2 Å². The van der Waals surface area contributed by atoms with Crippen molar-refractivity contribution in [2.24, 2.45) is 0 Å². The Bertz CT molecular complexity index is 1140. The Morgan fingerprint density at radius 2 is 1.84 bits per heavy atom. The monoisotopic (exact) mass is 479 g/mol. The van der Waals surface area contributed by atoms with E-state index in [9.17, 15) is 35.2 Å². The summed E-state index contributed by atoms with van der Waals surface area (Å²) >= 11 is 0. The Labute approximate surface area is 179 Å². The van der Waals surface area contributed by atoms with E-state index in [1.54, 1.807) is 18.2 Å². The molecule has 1 amide bonds. The lowest BCUT2D eigenvalue weighted by atomic mass is 10.1. The second kappa shape index (κ2) is 8.15. The smallest absolute Gasteiger partial charge is 0.370 e. The Hall–Kier alpha value is -3.03. The number of sulfonamides is 1. The van der Waals surface area contributed by atoms with Gasteiger partial charge >= 0.3 is 12.1 Å². The number of fused-ring (bicyclic) bond motifs is 1. The lowest BCUT2D eigenvalue weighted by Crippen LogP contribution is -2.46. The third-order valence-electron chi connectivity index (χ3n) is 4.86. The van der Waals surface area contributed by atoms with Crippen LogP contribution in [-0.4, -0.2) is 49.5 Å². The zero-order valence-electron chi connectivity index (χ0n) is 16.7. The highest BCUT2D eigenvalue weighted by Gasteiger charge is 2.60. The van der Waals surface area contributed by atoms with Gasteiger partial charge in [0.1, 0.15) is 11.7 Å². The Morgan fingerprint density at radius 1 is 1.19 bits per heavy atom. The van der Waals surface area contributed by atoms with E-state index >= 15 is 0 Å². The molecule has 0 saturated carbocycles. The first kappa shape index (κ1) is 23.6. The van der Waals surface area contributed by atoms with Crippen LogP contribution in [0.3, 0.4) is 0 Å². The summed E-state index contributed by atoms with van der Waals surface area (Å²) in [6.07, 6.45) is -5.94. The van der Waals surface area contributed by atoms with Crippen molar-refractivity contribution in [1.29, 1.82) is 0 Å². The number of rotatable bonds is 6. The highest BCUT2D eigenvalue weighted by atomic mass is 32.2. The van der Waals surface area contributed by atoms with Crippen LogP contribution < -0.4 is 14.9 Å². The summed E-state index contributed by atoms with van der Waals surface area (Å²) in [7, 11) is -2.61. The van der Waals surface area contributed by atoms with E-state index in [1.165, 1.54) is 20.0 Å². The van der Waals surface area contributed by atoms with E-state index in [2.05, 4.69) is 20.8 Å². The number of aromatic nitrogens is 2. The van der Waals surface area contributed by atoms with Gasteiger partial charge in [0, 0.05) is 13.5 Å². The first-order valence-corrected chi connectivity index (χ1v) is 10.9. The number of amides is 1. The number of alkyl halides is 5. The molecule has 0 bridgehead atoms. The Kier molecular flexibility index (Phi) is 6.02. The number of carbonyl (C=O) groups excluding carboxylic acids is 1. The van der Waals surface area contributed by atoms with Crippen LogP contribution >= 0.6 is 0 Å². The van der Waals surface area contributed by atoms with Crippen molar-refractivity contribution in [1.82, 2.24) is 10.2 Å². The maximum absolute atomic E-state index is 13.7. The number of para-hydroxylation sites is 1. The highest BCUT2D eigenvalue weighted by molar-refractivity contribution is 7.92. The van der Waals surface area contributed by atoms with E-state index in [0.29, 0.717) is 17.3 Å². The SMILES string of the molecule is CCS(=O)(=O)N1c2ccccc2CC1C(=O)Nc1cc(C(F)(F)C(F)(F)F)nnc1NC. The van der Waals surface area contributed by atoms with Crippen LogP contribution in [0.25, 0.3) is 0 Å². The fourth-order valence-corrected chi connectivity index (χ4v) is 4.54. The summed E-state index contributed by atoms with van der Waals surface area (Å²) in [5.41, 5.74) is -1.36. The van der Waals surface area contributed by atoms with Crippen LogP contribution in [0, 0.1) is 0 Å². The normalized spacial score (nSPS) is 16.6. The van der Waals surface area contributed by atoms with Gasteiger partial charge < -0.3 is 10.6 Å².